The first-order chi connectivity index (χ1) is 5.89. The average Bonchev–Trinajstić information content (AvgIpc) is 2.04. The molecule has 0 aromatic carbocycles. The predicted molar refractivity (Wildman–Crippen MR) is 50.4 cm³/mol. The van der Waals surface area contributed by atoms with Gasteiger partial charge in [0.2, 0.25) is 0 Å². The van der Waals surface area contributed by atoms with Crippen LogP contribution in [0.2, 0.25) is 0 Å². The SMILES string of the molecule is CCS(=O)(=O)CCCC(C)C(=O)O. The van der Waals surface area contributed by atoms with Gasteiger partial charge in [0.05, 0.1) is 11.7 Å². The maximum Gasteiger partial charge on any atom is 0.306 e. The largest absolute Gasteiger partial charge is 0.481 e. The molecule has 0 rings (SSSR count). The second kappa shape index (κ2) is 5.21. The van der Waals surface area contributed by atoms with Gasteiger partial charge in [-0.2, -0.15) is 0 Å². The fourth-order valence-corrected chi connectivity index (χ4v) is 1.77. The first-order valence-corrected chi connectivity index (χ1v) is 6.14. The molecule has 0 aliphatic carbocycles. The van der Waals surface area contributed by atoms with E-state index in [-0.39, 0.29) is 11.5 Å². The first-order valence-electron chi connectivity index (χ1n) is 4.32. The Kier molecular flexibility index (Phi) is 4.98. The van der Waals surface area contributed by atoms with E-state index >= 15 is 0 Å². The third-order valence-corrected chi connectivity index (χ3v) is 3.74. The number of hydrogen-bond donors (Lipinski definition) is 1. The summed E-state index contributed by atoms with van der Waals surface area (Å²) in [6.07, 6.45) is 0.859. The number of rotatable bonds is 6. The van der Waals surface area contributed by atoms with Crippen LogP contribution in [0.5, 0.6) is 0 Å². The Labute approximate surface area is 78.9 Å². The average molecular weight is 208 g/mol. The van der Waals surface area contributed by atoms with Gasteiger partial charge >= 0.3 is 5.97 Å². The third kappa shape index (κ3) is 5.63. The minimum atomic E-state index is -2.93. The number of carboxylic acid groups (broad SMARTS) is 1. The molecule has 0 saturated heterocycles. The van der Waals surface area contributed by atoms with Gasteiger partial charge in [0.25, 0.3) is 0 Å². The zero-order valence-electron chi connectivity index (χ0n) is 7.99. The lowest BCUT2D eigenvalue weighted by Crippen LogP contribution is -2.13. The van der Waals surface area contributed by atoms with Crippen LogP contribution in [-0.4, -0.2) is 31.0 Å². The number of aliphatic carboxylic acids is 1. The summed E-state index contributed by atoms with van der Waals surface area (Å²) in [5.41, 5.74) is 0. The van der Waals surface area contributed by atoms with Crippen molar-refractivity contribution in [3.63, 3.8) is 0 Å². The standard InChI is InChI=1S/C8H16O4S/c1-3-13(11,12)6-4-5-7(2)8(9)10/h7H,3-6H2,1-2H3,(H,9,10). The van der Waals surface area contributed by atoms with E-state index in [1.807, 2.05) is 0 Å². The van der Waals surface area contributed by atoms with Crippen molar-refractivity contribution in [2.45, 2.75) is 26.7 Å². The van der Waals surface area contributed by atoms with Gasteiger partial charge in [-0.3, -0.25) is 4.79 Å². The molecule has 0 aliphatic rings. The smallest absolute Gasteiger partial charge is 0.306 e. The molecule has 0 aromatic heterocycles. The van der Waals surface area contributed by atoms with E-state index in [2.05, 4.69) is 0 Å². The number of carbonyl (C=O) groups is 1. The van der Waals surface area contributed by atoms with Crippen molar-refractivity contribution in [1.82, 2.24) is 0 Å². The molecule has 1 unspecified atom stereocenters. The van der Waals surface area contributed by atoms with Crippen molar-refractivity contribution >= 4 is 15.8 Å². The van der Waals surface area contributed by atoms with Crippen LogP contribution in [0.1, 0.15) is 26.7 Å². The molecule has 0 bridgehead atoms. The molecule has 78 valence electrons. The predicted octanol–water partition coefficient (Wildman–Crippen LogP) is 0.922. The molecular formula is C8H16O4S. The summed E-state index contributed by atoms with van der Waals surface area (Å²) in [5, 5.41) is 8.52. The molecule has 0 amide bonds. The van der Waals surface area contributed by atoms with Crippen molar-refractivity contribution in [1.29, 1.82) is 0 Å². The summed E-state index contributed by atoms with van der Waals surface area (Å²) in [6, 6.07) is 0. The van der Waals surface area contributed by atoms with Crippen LogP contribution >= 0.6 is 0 Å². The Morgan fingerprint density at radius 2 is 2.00 bits per heavy atom. The molecule has 0 heterocycles. The van der Waals surface area contributed by atoms with E-state index < -0.39 is 21.7 Å². The molecular weight excluding hydrogens is 192 g/mol. The highest BCUT2D eigenvalue weighted by Gasteiger charge is 2.13. The summed E-state index contributed by atoms with van der Waals surface area (Å²) in [7, 11) is -2.93. The van der Waals surface area contributed by atoms with Crippen LogP contribution < -0.4 is 0 Å². The van der Waals surface area contributed by atoms with Gasteiger partial charge in [0.15, 0.2) is 0 Å². The molecule has 5 heteroatoms. The van der Waals surface area contributed by atoms with E-state index in [0.29, 0.717) is 12.8 Å². The molecule has 0 aliphatic heterocycles. The fraction of sp³-hybridized carbons (Fsp3) is 0.875. The third-order valence-electron chi connectivity index (χ3n) is 1.95. The van der Waals surface area contributed by atoms with Crippen molar-refractivity contribution < 1.29 is 18.3 Å². The summed E-state index contributed by atoms with van der Waals surface area (Å²) < 4.78 is 22.0. The topological polar surface area (TPSA) is 71.4 Å². The number of carboxylic acids is 1. The molecule has 13 heavy (non-hydrogen) atoms. The van der Waals surface area contributed by atoms with Crippen molar-refractivity contribution in [3.05, 3.63) is 0 Å². The molecule has 0 aromatic rings. The molecule has 0 radical (unpaired) electrons. The minimum Gasteiger partial charge on any atom is -0.481 e. The highest BCUT2D eigenvalue weighted by Crippen LogP contribution is 2.07. The molecule has 0 fully saturated rings. The maximum atomic E-state index is 11.0. The Bertz CT molecular complexity index is 255. The quantitative estimate of drug-likeness (QED) is 0.704. The Morgan fingerprint density at radius 3 is 2.38 bits per heavy atom. The van der Waals surface area contributed by atoms with Gasteiger partial charge in [-0.1, -0.05) is 13.8 Å². The van der Waals surface area contributed by atoms with Crippen molar-refractivity contribution in [3.8, 4) is 0 Å². The van der Waals surface area contributed by atoms with Gasteiger partial charge in [-0.05, 0) is 12.8 Å². The summed E-state index contributed by atoms with van der Waals surface area (Å²) in [6.45, 7) is 3.18. The van der Waals surface area contributed by atoms with Crippen molar-refractivity contribution in [2.24, 2.45) is 5.92 Å². The number of hydrogen-bond acceptors (Lipinski definition) is 3. The van der Waals surface area contributed by atoms with Gasteiger partial charge < -0.3 is 5.11 Å². The molecule has 0 spiro atoms. The Balaban J connectivity index is 3.75. The van der Waals surface area contributed by atoms with Crippen LogP contribution in [0.25, 0.3) is 0 Å². The number of sulfone groups is 1. The zero-order chi connectivity index (χ0) is 10.5. The zero-order valence-corrected chi connectivity index (χ0v) is 8.80. The van der Waals surface area contributed by atoms with E-state index in [0.717, 1.165) is 0 Å². The van der Waals surface area contributed by atoms with E-state index in [9.17, 15) is 13.2 Å². The van der Waals surface area contributed by atoms with Gasteiger partial charge in [-0.25, -0.2) is 8.42 Å². The summed E-state index contributed by atoms with van der Waals surface area (Å²) in [4.78, 5) is 10.4. The van der Waals surface area contributed by atoms with E-state index in [1.54, 1.807) is 13.8 Å². The summed E-state index contributed by atoms with van der Waals surface area (Å²) >= 11 is 0. The van der Waals surface area contributed by atoms with Crippen LogP contribution in [0, 0.1) is 5.92 Å². The van der Waals surface area contributed by atoms with Crippen molar-refractivity contribution in [2.75, 3.05) is 11.5 Å². The minimum absolute atomic E-state index is 0.0983. The molecule has 1 N–H and O–H groups in total. The molecule has 1 atom stereocenters. The van der Waals surface area contributed by atoms with Crippen LogP contribution in [0.4, 0.5) is 0 Å². The van der Waals surface area contributed by atoms with Gasteiger partial charge in [0, 0.05) is 5.75 Å². The summed E-state index contributed by atoms with van der Waals surface area (Å²) in [5.74, 6) is -1.09. The second-order valence-corrected chi connectivity index (χ2v) is 5.59. The Hall–Kier alpha value is -0.580. The van der Waals surface area contributed by atoms with E-state index in [4.69, 9.17) is 5.11 Å². The first kappa shape index (κ1) is 12.4. The van der Waals surface area contributed by atoms with E-state index in [1.165, 1.54) is 0 Å². The second-order valence-electron chi connectivity index (χ2n) is 3.12. The fourth-order valence-electron chi connectivity index (χ4n) is 0.877. The lowest BCUT2D eigenvalue weighted by Gasteiger charge is -2.05. The monoisotopic (exact) mass is 208 g/mol. The lowest BCUT2D eigenvalue weighted by molar-refractivity contribution is -0.141. The molecule has 4 nitrogen and oxygen atoms in total. The normalized spacial score (nSPS) is 14.0. The van der Waals surface area contributed by atoms with Gasteiger partial charge in [-0.15, -0.1) is 0 Å². The van der Waals surface area contributed by atoms with Crippen LogP contribution in [-0.2, 0) is 14.6 Å². The van der Waals surface area contributed by atoms with Crippen LogP contribution in [0.15, 0.2) is 0 Å². The highest BCUT2D eigenvalue weighted by atomic mass is 32.2. The molecule has 0 saturated carbocycles. The lowest BCUT2D eigenvalue weighted by atomic mass is 10.1. The Morgan fingerprint density at radius 1 is 1.46 bits per heavy atom. The van der Waals surface area contributed by atoms with Crippen LogP contribution in [0.3, 0.4) is 0 Å². The highest BCUT2D eigenvalue weighted by molar-refractivity contribution is 7.91. The van der Waals surface area contributed by atoms with Gasteiger partial charge in [0.1, 0.15) is 9.84 Å². The maximum absolute atomic E-state index is 11.0.